The monoisotopic (exact) mass is 351 g/mol. The van der Waals surface area contributed by atoms with Gasteiger partial charge >= 0.3 is 0 Å². The molecule has 2 heterocycles. The van der Waals surface area contributed by atoms with Crippen LogP contribution in [-0.4, -0.2) is 61.5 Å². The van der Waals surface area contributed by atoms with E-state index in [1.807, 2.05) is 4.90 Å². The summed E-state index contributed by atoms with van der Waals surface area (Å²) in [5.74, 6) is 0.358. The van der Waals surface area contributed by atoms with E-state index in [0.29, 0.717) is 5.91 Å². The van der Waals surface area contributed by atoms with Crippen molar-refractivity contribution in [1.29, 1.82) is 0 Å². The van der Waals surface area contributed by atoms with Crippen LogP contribution in [-0.2, 0) is 4.79 Å². The van der Waals surface area contributed by atoms with Gasteiger partial charge in [0.2, 0.25) is 5.91 Å². The predicted octanol–water partition coefficient (Wildman–Crippen LogP) is 2.94. The Kier molecular flexibility index (Phi) is 7.38. The van der Waals surface area contributed by atoms with Gasteiger partial charge < -0.3 is 9.80 Å². The molecule has 134 valence electrons. The normalized spacial score (nSPS) is 18.8. The molecule has 0 aromatic heterocycles. The van der Waals surface area contributed by atoms with Crippen molar-refractivity contribution in [2.24, 2.45) is 0 Å². The molecule has 5 heteroatoms. The Morgan fingerprint density at radius 3 is 2.33 bits per heavy atom. The summed E-state index contributed by atoms with van der Waals surface area (Å²) in [5, 5.41) is 0. The minimum absolute atomic E-state index is 0. The lowest BCUT2D eigenvalue weighted by molar-refractivity contribution is -0.127. The zero-order chi connectivity index (χ0) is 16.1. The maximum absolute atomic E-state index is 11.6. The number of nitrogens with zero attached hydrogens (tertiary/aromatic N) is 3. The summed E-state index contributed by atoms with van der Waals surface area (Å²) >= 11 is 0. The highest BCUT2D eigenvalue weighted by molar-refractivity contribution is 5.85. The van der Waals surface area contributed by atoms with Crippen LogP contribution in [0.2, 0.25) is 0 Å². The number of aryl methyl sites for hydroxylation is 1. The Bertz CT molecular complexity index is 529. The number of hydrogen-bond donors (Lipinski definition) is 0. The highest BCUT2D eigenvalue weighted by Gasteiger charge is 2.20. The van der Waals surface area contributed by atoms with Crippen molar-refractivity contribution in [3.05, 3.63) is 29.8 Å². The third-order valence-electron chi connectivity index (χ3n) is 5.15. The fraction of sp³-hybridized carbons (Fsp3) is 0.632. The molecule has 0 atom stereocenters. The lowest BCUT2D eigenvalue weighted by Crippen LogP contribution is -2.46. The smallest absolute Gasteiger partial charge is 0.222 e. The second-order valence-electron chi connectivity index (χ2n) is 6.81. The van der Waals surface area contributed by atoms with E-state index in [4.69, 9.17) is 0 Å². The second kappa shape index (κ2) is 9.28. The Morgan fingerprint density at radius 2 is 1.67 bits per heavy atom. The molecular formula is C19H30ClN3O. The van der Waals surface area contributed by atoms with Crippen LogP contribution in [0.5, 0.6) is 0 Å². The molecular weight excluding hydrogens is 322 g/mol. The zero-order valence-corrected chi connectivity index (χ0v) is 15.6. The average Bonchev–Trinajstić information content (AvgIpc) is 2.98. The predicted molar refractivity (Wildman–Crippen MR) is 102 cm³/mol. The van der Waals surface area contributed by atoms with Gasteiger partial charge in [0.15, 0.2) is 0 Å². The molecule has 0 aliphatic carbocycles. The molecule has 0 bridgehead atoms. The minimum Gasteiger partial charge on any atom is -0.369 e. The van der Waals surface area contributed by atoms with Gasteiger partial charge in [0.25, 0.3) is 0 Å². The number of rotatable bonds is 6. The SMILES string of the molecule is Cc1ccccc1N1CCN(CCCCN2CCCC2=O)CC1.Cl. The van der Waals surface area contributed by atoms with Crippen molar-refractivity contribution in [2.75, 3.05) is 50.7 Å². The van der Waals surface area contributed by atoms with Crippen LogP contribution in [0.25, 0.3) is 0 Å². The molecule has 2 aliphatic heterocycles. The van der Waals surface area contributed by atoms with Crippen LogP contribution >= 0.6 is 12.4 Å². The van der Waals surface area contributed by atoms with Crippen molar-refractivity contribution < 1.29 is 4.79 Å². The Hall–Kier alpha value is -1.26. The van der Waals surface area contributed by atoms with Crippen LogP contribution in [0.1, 0.15) is 31.2 Å². The quantitative estimate of drug-likeness (QED) is 0.737. The van der Waals surface area contributed by atoms with Gasteiger partial charge in [0.1, 0.15) is 0 Å². The van der Waals surface area contributed by atoms with E-state index in [1.165, 1.54) is 24.2 Å². The third kappa shape index (κ3) is 4.87. The number of benzene rings is 1. The van der Waals surface area contributed by atoms with Gasteiger partial charge in [-0.05, 0) is 44.4 Å². The molecule has 3 rings (SSSR count). The van der Waals surface area contributed by atoms with E-state index < -0.39 is 0 Å². The summed E-state index contributed by atoms with van der Waals surface area (Å²) in [7, 11) is 0. The molecule has 2 aliphatic rings. The second-order valence-corrected chi connectivity index (χ2v) is 6.81. The first-order valence-corrected chi connectivity index (χ1v) is 9.05. The Balaban J connectivity index is 0.00000208. The molecule has 0 N–H and O–H groups in total. The molecule has 0 spiro atoms. The van der Waals surface area contributed by atoms with Crippen molar-refractivity contribution in [2.45, 2.75) is 32.6 Å². The molecule has 4 nitrogen and oxygen atoms in total. The van der Waals surface area contributed by atoms with Crippen LogP contribution < -0.4 is 4.90 Å². The first-order chi connectivity index (χ1) is 11.2. The van der Waals surface area contributed by atoms with Gasteiger partial charge in [0.05, 0.1) is 0 Å². The number of amides is 1. The van der Waals surface area contributed by atoms with E-state index in [1.54, 1.807) is 0 Å². The number of hydrogen-bond acceptors (Lipinski definition) is 3. The first-order valence-electron chi connectivity index (χ1n) is 9.05. The zero-order valence-electron chi connectivity index (χ0n) is 14.7. The number of carbonyl (C=O) groups excluding carboxylic acids is 1. The fourth-order valence-electron chi connectivity index (χ4n) is 3.71. The topological polar surface area (TPSA) is 26.8 Å². The molecule has 0 saturated carbocycles. The van der Waals surface area contributed by atoms with Crippen molar-refractivity contribution in [3.63, 3.8) is 0 Å². The number of carbonyl (C=O) groups is 1. The van der Waals surface area contributed by atoms with Crippen molar-refractivity contribution in [1.82, 2.24) is 9.80 Å². The molecule has 1 amide bonds. The highest BCUT2D eigenvalue weighted by Crippen LogP contribution is 2.20. The Labute approximate surface area is 152 Å². The minimum atomic E-state index is 0. The summed E-state index contributed by atoms with van der Waals surface area (Å²) in [6, 6.07) is 8.67. The van der Waals surface area contributed by atoms with E-state index in [9.17, 15) is 4.79 Å². The number of anilines is 1. The summed E-state index contributed by atoms with van der Waals surface area (Å²) < 4.78 is 0. The van der Waals surface area contributed by atoms with E-state index in [-0.39, 0.29) is 12.4 Å². The van der Waals surface area contributed by atoms with E-state index in [0.717, 1.165) is 58.5 Å². The summed E-state index contributed by atoms with van der Waals surface area (Å²) in [4.78, 5) is 18.7. The third-order valence-corrected chi connectivity index (χ3v) is 5.15. The van der Waals surface area contributed by atoms with E-state index >= 15 is 0 Å². The number of piperazine rings is 1. The molecule has 24 heavy (non-hydrogen) atoms. The van der Waals surface area contributed by atoms with Gasteiger partial charge in [-0.15, -0.1) is 12.4 Å². The number of likely N-dealkylation sites (tertiary alicyclic amines) is 1. The lowest BCUT2D eigenvalue weighted by Gasteiger charge is -2.36. The van der Waals surface area contributed by atoms with Crippen LogP contribution in [0.15, 0.2) is 24.3 Å². The van der Waals surface area contributed by atoms with Gasteiger partial charge in [0, 0.05) is 51.4 Å². The standard InChI is InChI=1S/C19H29N3O.ClH/c1-17-7-2-3-8-18(17)21-15-13-20(14-16-21)10-4-5-11-22-12-6-9-19(22)23;/h2-3,7-8H,4-6,9-16H2,1H3;1H. The number of para-hydroxylation sites is 1. The molecule has 2 fully saturated rings. The fourth-order valence-corrected chi connectivity index (χ4v) is 3.71. The summed E-state index contributed by atoms with van der Waals surface area (Å²) in [6.07, 6.45) is 4.17. The molecule has 0 unspecified atom stereocenters. The van der Waals surface area contributed by atoms with Crippen molar-refractivity contribution in [3.8, 4) is 0 Å². The molecule has 2 saturated heterocycles. The maximum atomic E-state index is 11.6. The summed E-state index contributed by atoms with van der Waals surface area (Å²) in [6.45, 7) is 9.85. The number of halogens is 1. The first kappa shape index (κ1) is 19.1. The summed E-state index contributed by atoms with van der Waals surface area (Å²) in [5.41, 5.74) is 2.76. The van der Waals surface area contributed by atoms with Gasteiger partial charge in [-0.2, -0.15) is 0 Å². The molecule has 1 aromatic carbocycles. The van der Waals surface area contributed by atoms with Crippen LogP contribution in [0.4, 0.5) is 5.69 Å². The largest absolute Gasteiger partial charge is 0.369 e. The maximum Gasteiger partial charge on any atom is 0.222 e. The molecule has 0 radical (unpaired) electrons. The van der Waals surface area contributed by atoms with Gasteiger partial charge in [-0.3, -0.25) is 9.69 Å². The average molecular weight is 352 g/mol. The van der Waals surface area contributed by atoms with Gasteiger partial charge in [-0.25, -0.2) is 0 Å². The highest BCUT2D eigenvalue weighted by atomic mass is 35.5. The van der Waals surface area contributed by atoms with Crippen molar-refractivity contribution >= 4 is 24.0 Å². The van der Waals surface area contributed by atoms with Gasteiger partial charge in [-0.1, -0.05) is 18.2 Å². The molecule has 1 aromatic rings. The van der Waals surface area contributed by atoms with Crippen LogP contribution in [0, 0.1) is 6.92 Å². The lowest BCUT2D eigenvalue weighted by atomic mass is 10.1. The Morgan fingerprint density at radius 1 is 0.958 bits per heavy atom. The number of unbranched alkanes of at least 4 members (excludes halogenated alkanes) is 1. The van der Waals surface area contributed by atoms with E-state index in [2.05, 4.69) is 41.0 Å². The van der Waals surface area contributed by atoms with Crippen LogP contribution in [0.3, 0.4) is 0 Å².